The molecule has 2 nitrogen and oxygen atoms in total. The standard InChI is InChI=1S/C14H16N2S/c15-13-4-3-11-9-16(10-12(11)8-13)6-5-14-2-1-7-17-14/h1-4,7-8H,5-6,9-10,15H2. The summed E-state index contributed by atoms with van der Waals surface area (Å²) in [5.41, 5.74) is 9.52. The molecule has 0 saturated carbocycles. The molecule has 3 rings (SSSR count). The molecule has 1 aromatic carbocycles. The van der Waals surface area contributed by atoms with E-state index in [0.29, 0.717) is 0 Å². The Labute approximate surface area is 106 Å². The van der Waals surface area contributed by atoms with Crippen molar-refractivity contribution in [1.29, 1.82) is 0 Å². The average molecular weight is 244 g/mol. The van der Waals surface area contributed by atoms with E-state index in [0.717, 1.165) is 31.7 Å². The van der Waals surface area contributed by atoms with Crippen LogP contribution >= 0.6 is 11.3 Å². The van der Waals surface area contributed by atoms with Gasteiger partial charge in [-0.15, -0.1) is 11.3 Å². The van der Waals surface area contributed by atoms with Crippen molar-refractivity contribution in [3.8, 4) is 0 Å². The SMILES string of the molecule is Nc1ccc2c(c1)CN(CCc1cccs1)C2. The Morgan fingerprint density at radius 1 is 1.18 bits per heavy atom. The van der Waals surface area contributed by atoms with Crippen LogP contribution in [0.3, 0.4) is 0 Å². The zero-order valence-corrected chi connectivity index (χ0v) is 10.5. The van der Waals surface area contributed by atoms with Crippen LogP contribution in [-0.4, -0.2) is 11.4 Å². The summed E-state index contributed by atoms with van der Waals surface area (Å²) in [6.45, 7) is 3.25. The van der Waals surface area contributed by atoms with Crippen molar-refractivity contribution in [3.05, 3.63) is 51.7 Å². The number of nitrogen functional groups attached to an aromatic ring is 1. The highest BCUT2D eigenvalue weighted by molar-refractivity contribution is 7.09. The molecule has 2 heterocycles. The van der Waals surface area contributed by atoms with Crippen molar-refractivity contribution in [2.75, 3.05) is 12.3 Å². The molecular weight excluding hydrogens is 228 g/mol. The van der Waals surface area contributed by atoms with E-state index in [-0.39, 0.29) is 0 Å². The summed E-state index contributed by atoms with van der Waals surface area (Å²) in [7, 11) is 0. The maximum absolute atomic E-state index is 5.81. The summed E-state index contributed by atoms with van der Waals surface area (Å²) < 4.78 is 0. The zero-order valence-electron chi connectivity index (χ0n) is 9.73. The van der Waals surface area contributed by atoms with Gasteiger partial charge in [0.15, 0.2) is 0 Å². The van der Waals surface area contributed by atoms with E-state index < -0.39 is 0 Å². The summed E-state index contributed by atoms with van der Waals surface area (Å²) in [6, 6.07) is 10.6. The first kappa shape index (κ1) is 10.8. The van der Waals surface area contributed by atoms with Gasteiger partial charge in [0.25, 0.3) is 0 Å². The molecule has 0 aliphatic carbocycles. The Hall–Kier alpha value is -1.32. The third-order valence-corrected chi connectivity index (χ3v) is 4.21. The van der Waals surface area contributed by atoms with Crippen molar-refractivity contribution in [2.24, 2.45) is 0 Å². The van der Waals surface area contributed by atoms with Crippen LogP contribution in [0.4, 0.5) is 5.69 Å². The minimum atomic E-state index is 0.879. The molecule has 3 heteroatoms. The van der Waals surface area contributed by atoms with Gasteiger partial charge in [-0.2, -0.15) is 0 Å². The lowest BCUT2D eigenvalue weighted by atomic mass is 10.1. The van der Waals surface area contributed by atoms with E-state index >= 15 is 0 Å². The predicted molar refractivity (Wildman–Crippen MR) is 73.0 cm³/mol. The molecule has 0 saturated heterocycles. The van der Waals surface area contributed by atoms with E-state index in [2.05, 4.69) is 34.5 Å². The van der Waals surface area contributed by atoms with Crippen molar-refractivity contribution < 1.29 is 0 Å². The highest BCUT2D eigenvalue weighted by Crippen LogP contribution is 2.25. The number of benzene rings is 1. The maximum atomic E-state index is 5.81. The van der Waals surface area contributed by atoms with Crippen molar-refractivity contribution >= 4 is 17.0 Å². The van der Waals surface area contributed by atoms with Gasteiger partial charge in [0.2, 0.25) is 0 Å². The van der Waals surface area contributed by atoms with Gasteiger partial charge >= 0.3 is 0 Å². The Kier molecular flexibility index (Phi) is 2.87. The lowest BCUT2D eigenvalue weighted by Gasteiger charge is -2.13. The maximum Gasteiger partial charge on any atom is 0.0317 e. The summed E-state index contributed by atoms with van der Waals surface area (Å²) in [5, 5.41) is 2.15. The number of rotatable bonds is 3. The third-order valence-electron chi connectivity index (χ3n) is 3.27. The minimum absolute atomic E-state index is 0.879. The van der Waals surface area contributed by atoms with Gasteiger partial charge in [-0.3, -0.25) is 4.90 Å². The topological polar surface area (TPSA) is 29.3 Å². The second-order valence-corrected chi connectivity index (χ2v) is 5.60. The number of hydrogen-bond donors (Lipinski definition) is 1. The largest absolute Gasteiger partial charge is 0.399 e. The first-order valence-electron chi connectivity index (χ1n) is 5.93. The molecule has 0 unspecified atom stereocenters. The van der Waals surface area contributed by atoms with E-state index in [1.165, 1.54) is 16.0 Å². The highest BCUT2D eigenvalue weighted by Gasteiger charge is 2.18. The molecule has 0 radical (unpaired) electrons. The molecule has 0 bridgehead atoms. The summed E-state index contributed by atoms with van der Waals surface area (Å²) in [5.74, 6) is 0. The molecule has 88 valence electrons. The number of nitrogens with two attached hydrogens (primary N) is 1. The molecule has 1 aliphatic rings. The van der Waals surface area contributed by atoms with Gasteiger partial charge < -0.3 is 5.73 Å². The summed E-state index contributed by atoms with van der Waals surface area (Å²) in [6.07, 6.45) is 1.15. The van der Waals surface area contributed by atoms with Crippen LogP contribution in [-0.2, 0) is 19.5 Å². The van der Waals surface area contributed by atoms with Crippen molar-refractivity contribution in [1.82, 2.24) is 4.90 Å². The Morgan fingerprint density at radius 3 is 2.88 bits per heavy atom. The number of fused-ring (bicyclic) bond motifs is 1. The van der Waals surface area contributed by atoms with Crippen LogP contribution in [0.25, 0.3) is 0 Å². The first-order valence-corrected chi connectivity index (χ1v) is 6.81. The molecule has 2 aromatic rings. The number of anilines is 1. The lowest BCUT2D eigenvalue weighted by molar-refractivity contribution is 0.289. The Balaban J connectivity index is 1.62. The normalized spacial score (nSPS) is 15.1. The quantitative estimate of drug-likeness (QED) is 0.841. The van der Waals surface area contributed by atoms with Gasteiger partial charge in [-0.1, -0.05) is 12.1 Å². The van der Waals surface area contributed by atoms with Gasteiger partial charge in [0, 0.05) is 30.2 Å². The van der Waals surface area contributed by atoms with E-state index in [4.69, 9.17) is 5.73 Å². The van der Waals surface area contributed by atoms with Gasteiger partial charge in [-0.25, -0.2) is 0 Å². The van der Waals surface area contributed by atoms with Gasteiger partial charge in [0.05, 0.1) is 0 Å². The fraction of sp³-hybridized carbons (Fsp3) is 0.286. The Morgan fingerprint density at radius 2 is 2.06 bits per heavy atom. The summed E-state index contributed by atoms with van der Waals surface area (Å²) >= 11 is 1.85. The van der Waals surface area contributed by atoms with Crippen LogP contribution in [0.5, 0.6) is 0 Å². The van der Waals surface area contributed by atoms with E-state index in [1.807, 2.05) is 17.4 Å². The zero-order chi connectivity index (χ0) is 11.7. The van der Waals surface area contributed by atoms with E-state index in [1.54, 1.807) is 0 Å². The third kappa shape index (κ3) is 2.35. The van der Waals surface area contributed by atoms with Gasteiger partial charge in [0.1, 0.15) is 0 Å². The van der Waals surface area contributed by atoms with E-state index in [9.17, 15) is 0 Å². The lowest BCUT2D eigenvalue weighted by Crippen LogP contribution is -2.19. The molecule has 1 aromatic heterocycles. The highest BCUT2D eigenvalue weighted by atomic mass is 32.1. The fourth-order valence-electron chi connectivity index (χ4n) is 2.37. The smallest absolute Gasteiger partial charge is 0.0317 e. The molecule has 0 spiro atoms. The molecule has 0 amide bonds. The Bertz CT molecular complexity index is 505. The predicted octanol–water partition coefficient (Wildman–Crippen LogP) is 2.89. The van der Waals surface area contributed by atoms with Crippen LogP contribution in [0.2, 0.25) is 0 Å². The van der Waals surface area contributed by atoms with Gasteiger partial charge in [-0.05, 0) is 41.1 Å². The van der Waals surface area contributed by atoms with Crippen LogP contribution in [0.15, 0.2) is 35.7 Å². The second-order valence-electron chi connectivity index (χ2n) is 4.57. The van der Waals surface area contributed by atoms with Crippen molar-refractivity contribution in [3.63, 3.8) is 0 Å². The molecule has 2 N–H and O–H groups in total. The fourth-order valence-corrected chi connectivity index (χ4v) is 3.06. The van der Waals surface area contributed by atoms with Crippen molar-refractivity contribution in [2.45, 2.75) is 19.5 Å². The van der Waals surface area contributed by atoms with Crippen LogP contribution in [0, 0.1) is 0 Å². The van der Waals surface area contributed by atoms with Crippen LogP contribution in [0.1, 0.15) is 16.0 Å². The first-order chi connectivity index (χ1) is 8.31. The number of hydrogen-bond acceptors (Lipinski definition) is 3. The monoisotopic (exact) mass is 244 g/mol. The molecular formula is C14H16N2S. The molecule has 17 heavy (non-hydrogen) atoms. The molecule has 0 atom stereocenters. The average Bonchev–Trinajstić information content (AvgIpc) is 2.94. The molecule has 0 fully saturated rings. The number of nitrogens with zero attached hydrogens (tertiary/aromatic N) is 1. The number of thiophene rings is 1. The minimum Gasteiger partial charge on any atom is -0.399 e. The second kappa shape index (κ2) is 4.51. The summed E-state index contributed by atoms with van der Waals surface area (Å²) in [4.78, 5) is 3.96. The van der Waals surface area contributed by atoms with Crippen LogP contribution < -0.4 is 5.73 Å². The molecule has 1 aliphatic heterocycles.